The van der Waals surface area contributed by atoms with Crippen LogP contribution in [0.3, 0.4) is 0 Å². The SMILES string of the molecule is N#Cc1ncn(Cc2c(F)cccc2F)c1N. The van der Waals surface area contributed by atoms with Crippen LogP contribution in [0.4, 0.5) is 14.6 Å². The summed E-state index contributed by atoms with van der Waals surface area (Å²) in [6.07, 6.45) is 1.28. The van der Waals surface area contributed by atoms with Crippen LogP contribution in [-0.2, 0) is 6.54 Å². The molecular formula is C11H8F2N4. The van der Waals surface area contributed by atoms with Crippen molar-refractivity contribution in [2.75, 3.05) is 5.73 Å². The maximum Gasteiger partial charge on any atom is 0.182 e. The number of anilines is 1. The fourth-order valence-electron chi connectivity index (χ4n) is 1.46. The number of hydrogen-bond acceptors (Lipinski definition) is 3. The summed E-state index contributed by atoms with van der Waals surface area (Å²) >= 11 is 0. The van der Waals surface area contributed by atoms with E-state index in [1.54, 1.807) is 6.07 Å². The largest absolute Gasteiger partial charge is 0.383 e. The molecule has 0 atom stereocenters. The van der Waals surface area contributed by atoms with Crippen molar-refractivity contribution in [1.29, 1.82) is 5.26 Å². The molecule has 17 heavy (non-hydrogen) atoms. The lowest BCUT2D eigenvalue weighted by Gasteiger charge is -2.07. The van der Waals surface area contributed by atoms with Crippen molar-refractivity contribution in [2.45, 2.75) is 6.54 Å². The van der Waals surface area contributed by atoms with E-state index in [-0.39, 0.29) is 23.6 Å². The Kier molecular flexibility index (Phi) is 2.75. The molecule has 0 aliphatic rings. The second-order valence-corrected chi connectivity index (χ2v) is 3.42. The topological polar surface area (TPSA) is 67.6 Å². The molecule has 0 radical (unpaired) electrons. The fraction of sp³-hybridized carbons (Fsp3) is 0.0909. The van der Waals surface area contributed by atoms with Crippen LogP contribution in [0, 0.1) is 23.0 Å². The monoisotopic (exact) mass is 234 g/mol. The molecule has 1 heterocycles. The first-order valence-electron chi connectivity index (χ1n) is 4.77. The van der Waals surface area contributed by atoms with Crippen LogP contribution in [0.25, 0.3) is 0 Å². The van der Waals surface area contributed by atoms with Crippen molar-refractivity contribution in [3.05, 3.63) is 47.4 Å². The molecule has 1 aromatic heterocycles. The summed E-state index contributed by atoms with van der Waals surface area (Å²) in [7, 11) is 0. The second kappa shape index (κ2) is 4.22. The Labute approximate surface area is 95.9 Å². The molecule has 86 valence electrons. The summed E-state index contributed by atoms with van der Waals surface area (Å²) in [4.78, 5) is 3.72. The average molecular weight is 234 g/mol. The summed E-state index contributed by atoms with van der Waals surface area (Å²) in [5, 5.41) is 8.65. The number of benzene rings is 1. The first-order chi connectivity index (χ1) is 8.13. The van der Waals surface area contributed by atoms with Crippen LogP contribution >= 0.6 is 0 Å². The van der Waals surface area contributed by atoms with Crippen LogP contribution in [-0.4, -0.2) is 9.55 Å². The number of nitrogens with two attached hydrogens (primary N) is 1. The zero-order chi connectivity index (χ0) is 12.4. The van der Waals surface area contributed by atoms with Gasteiger partial charge in [0.15, 0.2) is 5.69 Å². The Bertz CT molecular complexity index is 578. The quantitative estimate of drug-likeness (QED) is 0.859. The highest BCUT2D eigenvalue weighted by molar-refractivity contribution is 5.44. The normalized spacial score (nSPS) is 10.2. The van der Waals surface area contributed by atoms with Crippen molar-refractivity contribution >= 4 is 5.82 Å². The van der Waals surface area contributed by atoms with Gasteiger partial charge in [0, 0.05) is 5.56 Å². The number of nitrogen functional groups attached to an aromatic ring is 1. The third-order valence-electron chi connectivity index (χ3n) is 2.37. The third-order valence-corrected chi connectivity index (χ3v) is 2.37. The Hall–Kier alpha value is -2.42. The lowest BCUT2D eigenvalue weighted by molar-refractivity contribution is 0.545. The molecule has 0 unspecified atom stereocenters. The number of nitrogens with zero attached hydrogens (tertiary/aromatic N) is 3. The molecule has 6 heteroatoms. The van der Waals surface area contributed by atoms with Gasteiger partial charge in [-0.1, -0.05) is 6.07 Å². The molecule has 2 N–H and O–H groups in total. The van der Waals surface area contributed by atoms with Gasteiger partial charge in [-0.2, -0.15) is 5.26 Å². The Balaban J connectivity index is 2.39. The molecule has 0 spiro atoms. The van der Waals surface area contributed by atoms with Gasteiger partial charge in [0.25, 0.3) is 0 Å². The van der Waals surface area contributed by atoms with E-state index in [0.717, 1.165) is 12.1 Å². The number of halogens is 2. The highest BCUT2D eigenvalue weighted by Gasteiger charge is 2.12. The van der Waals surface area contributed by atoms with Crippen molar-refractivity contribution in [2.24, 2.45) is 0 Å². The molecule has 0 aliphatic carbocycles. The summed E-state index contributed by atoms with van der Waals surface area (Å²) in [6.45, 7) is -0.0982. The highest BCUT2D eigenvalue weighted by atomic mass is 19.1. The number of hydrogen-bond donors (Lipinski definition) is 1. The number of nitriles is 1. The van der Waals surface area contributed by atoms with Gasteiger partial charge in [-0.15, -0.1) is 0 Å². The smallest absolute Gasteiger partial charge is 0.182 e. The Morgan fingerprint density at radius 2 is 2.00 bits per heavy atom. The Morgan fingerprint density at radius 1 is 1.35 bits per heavy atom. The average Bonchev–Trinajstić information content (AvgIpc) is 2.65. The van der Waals surface area contributed by atoms with Gasteiger partial charge in [0.2, 0.25) is 0 Å². The molecule has 4 nitrogen and oxygen atoms in total. The molecule has 0 aliphatic heterocycles. The molecule has 0 saturated heterocycles. The Morgan fingerprint density at radius 3 is 2.53 bits per heavy atom. The fourth-order valence-corrected chi connectivity index (χ4v) is 1.46. The van der Waals surface area contributed by atoms with Gasteiger partial charge in [-0.25, -0.2) is 13.8 Å². The van der Waals surface area contributed by atoms with Crippen LogP contribution in [0.2, 0.25) is 0 Å². The molecule has 0 bridgehead atoms. The van der Waals surface area contributed by atoms with E-state index >= 15 is 0 Å². The zero-order valence-electron chi connectivity index (χ0n) is 8.69. The summed E-state index contributed by atoms with van der Waals surface area (Å²) in [6, 6.07) is 5.40. The first kappa shape index (κ1) is 11.1. The van der Waals surface area contributed by atoms with E-state index < -0.39 is 11.6 Å². The van der Waals surface area contributed by atoms with Crippen molar-refractivity contribution in [3.63, 3.8) is 0 Å². The molecule has 2 rings (SSSR count). The predicted molar refractivity (Wildman–Crippen MR) is 56.8 cm³/mol. The zero-order valence-corrected chi connectivity index (χ0v) is 8.69. The minimum absolute atomic E-state index is 0.0433. The van der Waals surface area contributed by atoms with Crippen molar-refractivity contribution in [1.82, 2.24) is 9.55 Å². The van der Waals surface area contributed by atoms with Gasteiger partial charge in [0.1, 0.15) is 23.5 Å². The maximum absolute atomic E-state index is 13.4. The van der Waals surface area contributed by atoms with Gasteiger partial charge in [-0.05, 0) is 12.1 Å². The molecule has 0 amide bonds. The summed E-state index contributed by atoms with van der Waals surface area (Å²) in [5.41, 5.74) is 5.53. The number of imidazole rings is 1. The third kappa shape index (κ3) is 1.95. The van der Waals surface area contributed by atoms with Crippen LogP contribution < -0.4 is 5.73 Å². The maximum atomic E-state index is 13.4. The standard InChI is InChI=1S/C11H8F2N4/c12-8-2-1-3-9(13)7(8)5-17-6-16-10(4-14)11(17)15/h1-3,6H,5,15H2. The molecule has 2 aromatic rings. The van der Waals surface area contributed by atoms with Gasteiger partial charge in [0.05, 0.1) is 12.9 Å². The first-order valence-corrected chi connectivity index (χ1v) is 4.77. The van der Waals surface area contributed by atoms with Crippen molar-refractivity contribution in [3.8, 4) is 6.07 Å². The van der Waals surface area contributed by atoms with E-state index in [1.165, 1.54) is 17.0 Å². The molecule has 0 saturated carbocycles. The van der Waals surface area contributed by atoms with E-state index in [2.05, 4.69) is 4.98 Å². The van der Waals surface area contributed by atoms with Gasteiger partial charge >= 0.3 is 0 Å². The van der Waals surface area contributed by atoms with Crippen LogP contribution in [0.1, 0.15) is 11.3 Å². The number of rotatable bonds is 2. The molecule has 1 aromatic carbocycles. The van der Waals surface area contributed by atoms with Crippen molar-refractivity contribution < 1.29 is 8.78 Å². The highest BCUT2D eigenvalue weighted by Crippen LogP contribution is 2.16. The molecular weight excluding hydrogens is 226 g/mol. The summed E-state index contributed by atoms with van der Waals surface area (Å²) in [5.74, 6) is -1.22. The minimum atomic E-state index is -0.656. The second-order valence-electron chi connectivity index (χ2n) is 3.42. The van der Waals surface area contributed by atoms with E-state index in [9.17, 15) is 8.78 Å². The summed E-state index contributed by atoms with van der Waals surface area (Å²) < 4.78 is 28.1. The van der Waals surface area contributed by atoms with E-state index in [1.807, 2.05) is 0 Å². The van der Waals surface area contributed by atoms with Crippen LogP contribution in [0.15, 0.2) is 24.5 Å². The van der Waals surface area contributed by atoms with Crippen LogP contribution in [0.5, 0.6) is 0 Å². The minimum Gasteiger partial charge on any atom is -0.383 e. The predicted octanol–water partition coefficient (Wildman–Crippen LogP) is 1.66. The lowest BCUT2D eigenvalue weighted by atomic mass is 10.2. The lowest BCUT2D eigenvalue weighted by Crippen LogP contribution is -2.07. The van der Waals surface area contributed by atoms with E-state index in [4.69, 9.17) is 11.0 Å². The van der Waals surface area contributed by atoms with Gasteiger partial charge in [-0.3, -0.25) is 0 Å². The van der Waals surface area contributed by atoms with Gasteiger partial charge < -0.3 is 10.3 Å². The number of aromatic nitrogens is 2. The molecule has 0 fully saturated rings. The van der Waals surface area contributed by atoms with E-state index in [0.29, 0.717) is 0 Å².